The van der Waals surface area contributed by atoms with Gasteiger partial charge in [0.15, 0.2) is 11.4 Å². The number of benzene rings is 2. The molecule has 6 nitrogen and oxygen atoms in total. The van der Waals surface area contributed by atoms with Crippen LogP contribution in [-0.4, -0.2) is 16.1 Å². The minimum Gasteiger partial charge on any atom is -0.406 e. The molecule has 1 amide bonds. The fraction of sp³-hybridized carbons (Fsp3) is 0.105. The summed E-state index contributed by atoms with van der Waals surface area (Å²) < 4.78 is 45.1. The Morgan fingerprint density at radius 2 is 1.83 bits per heavy atom. The molecular formula is C19H13Cl2F3N4O2. The van der Waals surface area contributed by atoms with Crippen molar-refractivity contribution in [3.05, 3.63) is 76.0 Å². The van der Waals surface area contributed by atoms with E-state index >= 15 is 0 Å². The normalized spacial score (nSPS) is 11.1. The van der Waals surface area contributed by atoms with E-state index < -0.39 is 23.7 Å². The van der Waals surface area contributed by atoms with Crippen LogP contribution in [0.1, 0.15) is 11.3 Å². The van der Waals surface area contributed by atoms with E-state index in [-0.39, 0.29) is 23.2 Å². The van der Waals surface area contributed by atoms with E-state index in [2.05, 4.69) is 20.6 Å². The first kappa shape index (κ1) is 21.7. The summed E-state index contributed by atoms with van der Waals surface area (Å²) in [4.78, 5) is 19.1. The molecule has 0 atom stereocenters. The number of amides is 1. The smallest absolute Gasteiger partial charge is 0.406 e. The van der Waals surface area contributed by atoms with E-state index in [4.69, 9.17) is 27.9 Å². The second-order valence-corrected chi connectivity index (χ2v) is 6.73. The molecule has 0 aliphatic carbocycles. The van der Waals surface area contributed by atoms with Gasteiger partial charge in [0.05, 0.1) is 16.9 Å². The molecule has 0 fully saturated rings. The van der Waals surface area contributed by atoms with Gasteiger partial charge in [0.25, 0.3) is 0 Å². The van der Waals surface area contributed by atoms with Crippen LogP contribution in [0.25, 0.3) is 0 Å². The summed E-state index contributed by atoms with van der Waals surface area (Å²) in [6.45, 7) is 0.0799. The molecule has 0 aliphatic heterocycles. The van der Waals surface area contributed by atoms with Crippen LogP contribution >= 0.6 is 23.2 Å². The number of alkyl halides is 3. The molecule has 2 aromatic carbocycles. The molecule has 0 spiro atoms. The molecule has 2 N–H and O–H groups in total. The zero-order valence-corrected chi connectivity index (χ0v) is 16.5. The van der Waals surface area contributed by atoms with Crippen LogP contribution < -0.4 is 15.4 Å². The number of nitrogens with one attached hydrogen (secondary N) is 2. The van der Waals surface area contributed by atoms with Crippen molar-refractivity contribution in [3.8, 4) is 5.75 Å². The Morgan fingerprint density at radius 3 is 2.50 bits per heavy atom. The third-order valence-corrected chi connectivity index (χ3v) is 4.23. The Bertz CT molecular complexity index is 1050. The minimum atomic E-state index is -4.89. The maximum absolute atomic E-state index is 13.4. The SMILES string of the molecule is O=C(NCc1ccccc1)Oc1cnc(Nc2ccc(Cl)cc2Cl)nc1C(F)(F)F. The summed E-state index contributed by atoms with van der Waals surface area (Å²) in [7, 11) is 0. The predicted molar refractivity (Wildman–Crippen MR) is 106 cm³/mol. The molecule has 1 heterocycles. The first-order valence-electron chi connectivity index (χ1n) is 8.38. The average Bonchev–Trinajstić information content (AvgIpc) is 2.69. The zero-order chi connectivity index (χ0) is 21.7. The highest BCUT2D eigenvalue weighted by Gasteiger charge is 2.38. The van der Waals surface area contributed by atoms with Gasteiger partial charge in [0.2, 0.25) is 5.95 Å². The van der Waals surface area contributed by atoms with Crippen LogP contribution in [0.2, 0.25) is 10.0 Å². The van der Waals surface area contributed by atoms with E-state index in [0.29, 0.717) is 5.02 Å². The van der Waals surface area contributed by atoms with Gasteiger partial charge in [0.1, 0.15) is 0 Å². The minimum absolute atomic E-state index is 0.0799. The van der Waals surface area contributed by atoms with Gasteiger partial charge in [-0.15, -0.1) is 0 Å². The van der Waals surface area contributed by atoms with Gasteiger partial charge in [-0.3, -0.25) is 0 Å². The summed E-state index contributed by atoms with van der Waals surface area (Å²) in [6, 6.07) is 13.2. The third-order valence-electron chi connectivity index (χ3n) is 3.68. The lowest BCUT2D eigenvalue weighted by atomic mass is 10.2. The van der Waals surface area contributed by atoms with Crippen LogP contribution in [0, 0.1) is 0 Å². The van der Waals surface area contributed by atoms with E-state index in [1.54, 1.807) is 30.3 Å². The van der Waals surface area contributed by atoms with Crippen LogP contribution in [0.15, 0.2) is 54.7 Å². The van der Waals surface area contributed by atoms with Gasteiger partial charge in [-0.25, -0.2) is 14.8 Å². The van der Waals surface area contributed by atoms with Crippen molar-refractivity contribution in [1.29, 1.82) is 0 Å². The third kappa shape index (κ3) is 5.74. The predicted octanol–water partition coefficient (Wildman–Crippen LogP) is 5.83. The first-order valence-corrected chi connectivity index (χ1v) is 9.14. The van der Waals surface area contributed by atoms with Gasteiger partial charge in [-0.2, -0.15) is 13.2 Å². The highest BCUT2D eigenvalue weighted by molar-refractivity contribution is 6.36. The Balaban J connectivity index is 1.76. The van der Waals surface area contributed by atoms with Gasteiger partial charge in [-0.1, -0.05) is 53.5 Å². The summed E-state index contributed by atoms with van der Waals surface area (Å²) >= 11 is 11.8. The van der Waals surface area contributed by atoms with Crippen molar-refractivity contribution in [2.24, 2.45) is 0 Å². The van der Waals surface area contributed by atoms with Crippen molar-refractivity contribution in [3.63, 3.8) is 0 Å². The number of carbonyl (C=O) groups is 1. The number of rotatable bonds is 5. The second kappa shape index (κ2) is 9.19. The number of ether oxygens (including phenoxy) is 1. The van der Waals surface area contributed by atoms with Crippen molar-refractivity contribution in [1.82, 2.24) is 15.3 Å². The van der Waals surface area contributed by atoms with Crippen molar-refractivity contribution < 1.29 is 22.7 Å². The summed E-state index contributed by atoms with van der Waals surface area (Å²) in [5.74, 6) is -1.22. The molecule has 1 aromatic heterocycles. The largest absolute Gasteiger partial charge is 0.437 e. The van der Waals surface area contributed by atoms with Crippen LogP contribution in [0.3, 0.4) is 0 Å². The number of carbonyl (C=O) groups excluding carboxylic acids is 1. The lowest BCUT2D eigenvalue weighted by Crippen LogP contribution is -2.27. The van der Waals surface area contributed by atoms with Crippen LogP contribution in [0.4, 0.5) is 29.6 Å². The summed E-state index contributed by atoms with van der Waals surface area (Å²) in [5.41, 5.74) is -0.412. The Morgan fingerprint density at radius 1 is 1.10 bits per heavy atom. The molecule has 0 saturated carbocycles. The molecule has 30 heavy (non-hydrogen) atoms. The molecule has 0 radical (unpaired) electrons. The molecule has 0 bridgehead atoms. The van der Waals surface area contributed by atoms with Crippen molar-refractivity contribution >= 4 is 40.9 Å². The molecule has 0 aliphatic rings. The van der Waals surface area contributed by atoms with Gasteiger partial charge >= 0.3 is 12.3 Å². The number of aromatic nitrogens is 2. The quantitative estimate of drug-likeness (QED) is 0.504. The van der Waals surface area contributed by atoms with Crippen LogP contribution in [0.5, 0.6) is 5.75 Å². The second-order valence-electron chi connectivity index (χ2n) is 5.88. The topological polar surface area (TPSA) is 76.1 Å². The molecule has 156 valence electrons. The lowest BCUT2D eigenvalue weighted by Gasteiger charge is -2.14. The average molecular weight is 457 g/mol. The Hall–Kier alpha value is -3.04. The number of hydrogen-bond acceptors (Lipinski definition) is 5. The molecule has 3 aromatic rings. The van der Waals surface area contributed by atoms with E-state index in [1.165, 1.54) is 18.2 Å². The highest BCUT2D eigenvalue weighted by atomic mass is 35.5. The molecule has 0 saturated heterocycles. The van der Waals surface area contributed by atoms with Gasteiger partial charge < -0.3 is 15.4 Å². The number of nitrogens with zero attached hydrogens (tertiary/aromatic N) is 2. The standard InChI is InChI=1S/C19H13Cl2F3N4O2/c20-12-6-7-14(13(21)8-12)27-17-25-10-15(16(28-17)19(22,23)24)30-18(29)26-9-11-4-2-1-3-5-11/h1-8,10H,9H2,(H,26,29)(H,25,27,28). The molecule has 0 unspecified atom stereocenters. The fourth-order valence-electron chi connectivity index (χ4n) is 2.33. The number of anilines is 2. The highest BCUT2D eigenvalue weighted by Crippen LogP contribution is 2.35. The molecule has 3 rings (SSSR count). The summed E-state index contributed by atoms with van der Waals surface area (Å²) in [5, 5.41) is 5.46. The molecular weight excluding hydrogens is 444 g/mol. The van der Waals surface area contributed by atoms with Crippen LogP contribution in [-0.2, 0) is 12.7 Å². The summed E-state index contributed by atoms with van der Waals surface area (Å²) in [6.07, 6.45) is -5.21. The van der Waals surface area contributed by atoms with Crippen molar-refractivity contribution in [2.75, 3.05) is 5.32 Å². The van der Waals surface area contributed by atoms with Gasteiger partial charge in [0, 0.05) is 11.6 Å². The number of hydrogen-bond donors (Lipinski definition) is 2. The Kier molecular flexibility index (Phi) is 6.63. The van der Waals surface area contributed by atoms with E-state index in [9.17, 15) is 18.0 Å². The Labute approximate surface area is 179 Å². The van der Waals surface area contributed by atoms with Crippen molar-refractivity contribution in [2.45, 2.75) is 12.7 Å². The molecule has 11 heteroatoms. The first-order chi connectivity index (χ1) is 14.2. The lowest BCUT2D eigenvalue weighted by molar-refractivity contribution is -0.142. The van der Waals surface area contributed by atoms with E-state index in [0.717, 1.165) is 11.8 Å². The van der Waals surface area contributed by atoms with E-state index in [1.807, 2.05) is 0 Å². The maximum Gasteiger partial charge on any atom is 0.437 e. The zero-order valence-electron chi connectivity index (χ0n) is 15.0. The number of halogens is 5. The van der Waals surface area contributed by atoms with Gasteiger partial charge in [-0.05, 0) is 23.8 Å². The maximum atomic E-state index is 13.4. The fourth-order valence-corrected chi connectivity index (χ4v) is 2.78. The monoisotopic (exact) mass is 456 g/mol.